The lowest BCUT2D eigenvalue weighted by Gasteiger charge is -2.09. The lowest BCUT2D eigenvalue weighted by atomic mass is 10.1. The Bertz CT molecular complexity index is 1260. The summed E-state index contributed by atoms with van der Waals surface area (Å²) in [5, 5.41) is 2.50. The van der Waals surface area contributed by atoms with Gasteiger partial charge in [-0.3, -0.25) is 23.9 Å². The molecule has 1 amide bonds. The maximum atomic E-state index is 13.4. The van der Waals surface area contributed by atoms with Crippen molar-refractivity contribution in [2.45, 2.75) is 34.1 Å². The zero-order chi connectivity index (χ0) is 24.3. The van der Waals surface area contributed by atoms with Crippen molar-refractivity contribution in [2.24, 2.45) is 7.05 Å². The molecule has 3 rings (SSSR count). The van der Waals surface area contributed by atoms with E-state index in [0.717, 1.165) is 17.1 Å². The molecule has 2 aromatic heterocycles. The highest BCUT2D eigenvalue weighted by Crippen LogP contribution is 2.23. The van der Waals surface area contributed by atoms with Crippen molar-refractivity contribution in [3.8, 4) is 11.4 Å². The summed E-state index contributed by atoms with van der Waals surface area (Å²) < 4.78 is 10.2. The number of para-hydroxylation sites is 1. The lowest BCUT2D eigenvalue weighted by Crippen LogP contribution is -2.24. The number of Topliss-reactive ketones (excluding diaryl/α,β-unsaturated/α-hetero) is 1. The van der Waals surface area contributed by atoms with Crippen LogP contribution in [0.4, 0.5) is 0 Å². The summed E-state index contributed by atoms with van der Waals surface area (Å²) in [5.41, 5.74) is 3.44. The third-order valence-electron chi connectivity index (χ3n) is 5.55. The maximum absolute atomic E-state index is 13.4. The van der Waals surface area contributed by atoms with Crippen molar-refractivity contribution in [3.63, 3.8) is 0 Å². The van der Waals surface area contributed by atoms with E-state index in [0.29, 0.717) is 16.9 Å². The molecule has 0 aliphatic heterocycles. The number of ketones is 1. The third kappa shape index (κ3) is 4.82. The number of aryl methyl sites for hydroxylation is 1. The van der Waals surface area contributed by atoms with Gasteiger partial charge in [-0.15, -0.1) is 0 Å². The summed E-state index contributed by atoms with van der Waals surface area (Å²) >= 11 is 0. The van der Waals surface area contributed by atoms with Crippen LogP contribution in [0.5, 0.6) is 0 Å². The highest BCUT2D eigenvalue weighted by molar-refractivity contribution is 5.99. The van der Waals surface area contributed by atoms with Crippen LogP contribution in [-0.2, 0) is 21.4 Å². The van der Waals surface area contributed by atoms with Crippen LogP contribution in [0.1, 0.15) is 40.8 Å². The van der Waals surface area contributed by atoms with Crippen molar-refractivity contribution in [2.75, 3.05) is 13.2 Å². The van der Waals surface area contributed by atoms with Gasteiger partial charge in [0.25, 0.3) is 5.56 Å². The number of nitrogens with zero attached hydrogens (tertiary/aromatic N) is 3. The molecule has 3 aromatic rings. The molecule has 174 valence electrons. The predicted octanol–water partition coefficient (Wildman–Crippen LogP) is 2.14. The van der Waals surface area contributed by atoms with Crippen LogP contribution in [0.25, 0.3) is 11.4 Å². The molecule has 33 heavy (non-hydrogen) atoms. The molecular weight excluding hydrogens is 424 g/mol. The average molecular weight is 453 g/mol. The van der Waals surface area contributed by atoms with Crippen LogP contribution >= 0.6 is 0 Å². The van der Waals surface area contributed by atoms with Crippen molar-refractivity contribution in [1.82, 2.24) is 19.2 Å². The number of benzene rings is 1. The fourth-order valence-corrected chi connectivity index (χ4v) is 3.84. The minimum Gasteiger partial charge on any atom is -0.457 e. The molecule has 0 saturated heterocycles. The van der Waals surface area contributed by atoms with E-state index in [-0.39, 0.29) is 30.2 Å². The topological polar surface area (TPSA) is 104 Å². The number of esters is 1. The summed E-state index contributed by atoms with van der Waals surface area (Å²) in [6, 6.07) is 11.0. The van der Waals surface area contributed by atoms with E-state index in [1.807, 2.05) is 51.2 Å². The van der Waals surface area contributed by atoms with E-state index in [1.165, 1.54) is 6.92 Å². The van der Waals surface area contributed by atoms with Gasteiger partial charge in [-0.25, -0.2) is 4.68 Å². The fourth-order valence-electron chi connectivity index (χ4n) is 3.84. The lowest BCUT2D eigenvalue weighted by molar-refractivity contribution is -0.142. The summed E-state index contributed by atoms with van der Waals surface area (Å²) in [6.07, 6.45) is -0.0197. The summed E-state index contributed by atoms with van der Waals surface area (Å²) in [5.74, 6) is -1.18. The van der Waals surface area contributed by atoms with E-state index in [9.17, 15) is 19.2 Å². The number of hydrogen-bond acceptors (Lipinski definition) is 5. The van der Waals surface area contributed by atoms with Gasteiger partial charge in [0.05, 0.1) is 17.8 Å². The molecular formula is C24H28N4O5. The molecule has 0 atom stereocenters. The van der Waals surface area contributed by atoms with Crippen molar-refractivity contribution in [3.05, 3.63) is 69.4 Å². The van der Waals surface area contributed by atoms with Crippen LogP contribution in [0, 0.1) is 20.8 Å². The Hall–Kier alpha value is -3.88. The number of aromatic nitrogens is 3. The Balaban J connectivity index is 1.87. The quantitative estimate of drug-likeness (QED) is 0.417. The first-order chi connectivity index (χ1) is 15.6. The van der Waals surface area contributed by atoms with Crippen LogP contribution in [0.15, 0.2) is 41.2 Å². The van der Waals surface area contributed by atoms with E-state index < -0.39 is 12.6 Å². The number of nitrogens with one attached hydrogen (secondary N) is 1. The van der Waals surface area contributed by atoms with Crippen LogP contribution in [0.3, 0.4) is 0 Å². The standard InChI is InChI=1S/C24H28N4O5/c1-15-13-20(21(30)14-33-22(31)11-12-25-18(4)29)16(2)27(15)23-17(3)26(5)28(24(23)32)19-9-7-6-8-10-19/h6-10,13H,11-12,14H2,1-5H3,(H,25,29). The fraction of sp³-hybridized carbons (Fsp3) is 0.333. The van der Waals surface area contributed by atoms with Crippen molar-refractivity contribution in [1.29, 1.82) is 0 Å². The largest absolute Gasteiger partial charge is 0.457 e. The molecule has 0 radical (unpaired) electrons. The highest BCUT2D eigenvalue weighted by Gasteiger charge is 2.24. The van der Waals surface area contributed by atoms with Gasteiger partial charge in [-0.2, -0.15) is 0 Å². The molecule has 2 heterocycles. The number of amides is 1. The molecule has 0 aliphatic rings. The first-order valence-electron chi connectivity index (χ1n) is 10.6. The Morgan fingerprint density at radius 1 is 1.03 bits per heavy atom. The molecule has 0 bridgehead atoms. The number of ether oxygens (including phenoxy) is 1. The molecule has 9 heteroatoms. The number of hydrogen-bond donors (Lipinski definition) is 1. The van der Waals surface area contributed by atoms with Crippen LogP contribution in [-0.4, -0.2) is 44.7 Å². The number of rotatable bonds is 8. The number of carbonyl (C=O) groups excluding carboxylic acids is 3. The summed E-state index contributed by atoms with van der Waals surface area (Å²) in [6.45, 7) is 6.53. The molecule has 1 N–H and O–H groups in total. The Morgan fingerprint density at radius 2 is 1.70 bits per heavy atom. The minimum absolute atomic E-state index is 0.0197. The zero-order valence-corrected chi connectivity index (χ0v) is 19.5. The smallest absolute Gasteiger partial charge is 0.308 e. The second-order valence-electron chi connectivity index (χ2n) is 7.85. The maximum Gasteiger partial charge on any atom is 0.308 e. The monoisotopic (exact) mass is 452 g/mol. The highest BCUT2D eigenvalue weighted by atomic mass is 16.5. The Morgan fingerprint density at radius 3 is 2.33 bits per heavy atom. The molecule has 0 aliphatic carbocycles. The molecule has 0 saturated carbocycles. The number of carbonyl (C=O) groups is 3. The minimum atomic E-state index is -0.574. The van der Waals surface area contributed by atoms with Crippen molar-refractivity contribution >= 4 is 17.7 Å². The van der Waals surface area contributed by atoms with Gasteiger partial charge in [0.15, 0.2) is 6.61 Å². The van der Waals surface area contributed by atoms with Gasteiger partial charge < -0.3 is 14.6 Å². The van der Waals surface area contributed by atoms with Gasteiger partial charge in [-0.05, 0) is 39.0 Å². The third-order valence-corrected chi connectivity index (χ3v) is 5.55. The van der Waals surface area contributed by atoms with Gasteiger partial charge in [0, 0.05) is 37.5 Å². The predicted molar refractivity (Wildman–Crippen MR) is 123 cm³/mol. The first-order valence-corrected chi connectivity index (χ1v) is 10.6. The molecule has 1 aromatic carbocycles. The second-order valence-corrected chi connectivity index (χ2v) is 7.85. The van der Waals surface area contributed by atoms with Crippen LogP contribution < -0.4 is 10.9 Å². The Kier molecular flexibility index (Phi) is 7.01. The van der Waals surface area contributed by atoms with Crippen molar-refractivity contribution < 1.29 is 19.1 Å². The Labute approximate surface area is 191 Å². The zero-order valence-electron chi connectivity index (χ0n) is 19.5. The summed E-state index contributed by atoms with van der Waals surface area (Å²) in [7, 11) is 1.81. The molecule has 0 spiro atoms. The van der Waals surface area contributed by atoms with Gasteiger partial charge in [0.1, 0.15) is 5.69 Å². The summed E-state index contributed by atoms with van der Waals surface area (Å²) in [4.78, 5) is 48.9. The average Bonchev–Trinajstić information content (AvgIpc) is 3.18. The van der Waals surface area contributed by atoms with Crippen LogP contribution in [0.2, 0.25) is 0 Å². The van der Waals surface area contributed by atoms with E-state index in [2.05, 4.69) is 5.32 Å². The van der Waals surface area contributed by atoms with E-state index in [1.54, 1.807) is 26.9 Å². The van der Waals surface area contributed by atoms with E-state index >= 15 is 0 Å². The van der Waals surface area contributed by atoms with Gasteiger partial charge in [-0.1, -0.05) is 18.2 Å². The normalized spacial score (nSPS) is 10.8. The van der Waals surface area contributed by atoms with Gasteiger partial charge >= 0.3 is 5.97 Å². The SMILES string of the molecule is CC(=O)NCCC(=O)OCC(=O)c1cc(C)n(-c2c(C)n(C)n(-c3ccccc3)c2=O)c1C. The second kappa shape index (κ2) is 9.72. The molecule has 0 unspecified atom stereocenters. The first kappa shape index (κ1) is 23.8. The molecule has 0 fully saturated rings. The van der Waals surface area contributed by atoms with Gasteiger partial charge in [0.2, 0.25) is 11.7 Å². The van der Waals surface area contributed by atoms with E-state index in [4.69, 9.17) is 4.74 Å². The molecule has 9 nitrogen and oxygen atoms in total.